The minimum absolute atomic E-state index is 0.0425. The lowest BCUT2D eigenvalue weighted by Gasteiger charge is -2.23. The Morgan fingerprint density at radius 2 is 1.96 bits per heavy atom. The number of rotatable bonds is 6. The van der Waals surface area contributed by atoms with Crippen LogP contribution in [0.1, 0.15) is 18.0 Å². The maximum Gasteiger partial charge on any atom is 0.286 e. The van der Waals surface area contributed by atoms with Crippen LogP contribution in [-0.4, -0.2) is 40.5 Å². The number of hydrogen-bond acceptors (Lipinski definition) is 5. The molecule has 1 aromatic carbocycles. The normalized spacial score (nSPS) is 12.4. The van der Waals surface area contributed by atoms with Crippen LogP contribution >= 0.6 is 0 Å². The Morgan fingerprint density at radius 3 is 2.68 bits per heavy atom. The third-order valence-corrected chi connectivity index (χ3v) is 4.15. The van der Waals surface area contributed by atoms with Gasteiger partial charge in [0.1, 0.15) is 0 Å². The van der Waals surface area contributed by atoms with Crippen molar-refractivity contribution in [2.75, 3.05) is 26.0 Å². The average Bonchev–Trinajstić information content (AvgIpc) is 2.63. The summed E-state index contributed by atoms with van der Waals surface area (Å²) in [5, 5.41) is 14.1. The molecule has 6 heteroatoms. The van der Waals surface area contributed by atoms with Crippen LogP contribution in [-0.2, 0) is 0 Å². The van der Waals surface area contributed by atoms with Gasteiger partial charge in [0.25, 0.3) is 5.56 Å². The van der Waals surface area contributed by atoms with Crippen LogP contribution in [0.2, 0.25) is 0 Å². The van der Waals surface area contributed by atoms with E-state index in [1.807, 2.05) is 38.4 Å². The molecule has 1 unspecified atom stereocenters. The molecule has 0 aliphatic carbocycles. The van der Waals surface area contributed by atoms with Crippen LogP contribution < -0.4 is 10.9 Å². The summed E-state index contributed by atoms with van der Waals surface area (Å²) in [6.45, 7) is 0.903. The summed E-state index contributed by atoms with van der Waals surface area (Å²) in [7, 11) is 4.07. The van der Waals surface area contributed by atoms with Gasteiger partial charge in [-0.25, -0.2) is 4.98 Å². The van der Waals surface area contributed by atoms with Gasteiger partial charge in [-0.05, 0) is 44.8 Å². The van der Waals surface area contributed by atoms with Crippen molar-refractivity contribution in [1.29, 1.82) is 0 Å². The smallest absolute Gasteiger partial charge is 0.286 e. The Kier molecular flexibility index (Phi) is 5.00. The highest BCUT2D eigenvalue weighted by molar-refractivity contribution is 5.88. The summed E-state index contributed by atoms with van der Waals surface area (Å²) in [5.41, 5.74) is 1.56. The van der Waals surface area contributed by atoms with Crippen LogP contribution in [0.15, 0.2) is 59.5 Å². The van der Waals surface area contributed by atoms with E-state index < -0.39 is 5.56 Å². The molecule has 2 aromatic heterocycles. The fraction of sp³-hybridized carbons (Fsp3) is 0.263. The van der Waals surface area contributed by atoms with Gasteiger partial charge in [0, 0.05) is 17.6 Å². The van der Waals surface area contributed by atoms with Crippen molar-refractivity contribution in [2.24, 2.45) is 0 Å². The van der Waals surface area contributed by atoms with Gasteiger partial charge in [0.2, 0.25) is 0 Å². The zero-order valence-corrected chi connectivity index (χ0v) is 14.4. The molecule has 25 heavy (non-hydrogen) atoms. The maximum atomic E-state index is 12.1. The molecule has 0 bridgehead atoms. The summed E-state index contributed by atoms with van der Waals surface area (Å²) in [5.74, 6) is 0. The molecule has 130 valence electrons. The Bertz CT molecular complexity index is 906. The van der Waals surface area contributed by atoms with Crippen molar-refractivity contribution in [3.8, 4) is 0 Å². The fourth-order valence-electron chi connectivity index (χ4n) is 2.84. The highest BCUT2D eigenvalue weighted by Crippen LogP contribution is 2.26. The van der Waals surface area contributed by atoms with Gasteiger partial charge in [0.15, 0.2) is 5.65 Å². The molecule has 0 aliphatic heterocycles. The SMILES string of the molecule is CN(C)CCC(Nc1cc(=O)n(O)c2ncccc12)c1ccccc1. The largest absolute Gasteiger partial charge is 0.423 e. The van der Waals surface area contributed by atoms with Gasteiger partial charge in [0.05, 0.1) is 11.7 Å². The standard InChI is InChI=1S/C19H22N4O2/c1-22(2)12-10-16(14-7-4-3-5-8-14)21-17-13-18(24)23(25)19-15(17)9-6-11-20-19/h3-9,11,13,16,21,25H,10,12H2,1-2H3. The second kappa shape index (κ2) is 7.36. The molecule has 0 radical (unpaired) electrons. The van der Waals surface area contributed by atoms with Crippen molar-refractivity contribution in [2.45, 2.75) is 12.5 Å². The zero-order chi connectivity index (χ0) is 17.8. The highest BCUT2D eigenvalue weighted by atomic mass is 16.5. The van der Waals surface area contributed by atoms with Gasteiger partial charge < -0.3 is 15.4 Å². The Labute approximate surface area is 146 Å². The summed E-state index contributed by atoms with van der Waals surface area (Å²) < 4.78 is 0.581. The number of anilines is 1. The van der Waals surface area contributed by atoms with Crippen LogP contribution in [0.3, 0.4) is 0 Å². The van der Waals surface area contributed by atoms with Crippen molar-refractivity contribution in [3.05, 3.63) is 70.6 Å². The second-order valence-electron chi connectivity index (χ2n) is 6.28. The molecular weight excluding hydrogens is 316 g/mol. The molecule has 3 rings (SSSR count). The number of nitrogens with one attached hydrogen (secondary N) is 1. The molecule has 0 saturated heterocycles. The average molecular weight is 338 g/mol. The van der Waals surface area contributed by atoms with Gasteiger partial charge in [-0.2, -0.15) is 0 Å². The predicted octanol–water partition coefficient (Wildman–Crippen LogP) is 2.74. The topological polar surface area (TPSA) is 70.4 Å². The lowest BCUT2D eigenvalue weighted by atomic mass is 10.0. The lowest BCUT2D eigenvalue weighted by molar-refractivity contribution is 0.187. The number of pyridine rings is 2. The first-order valence-corrected chi connectivity index (χ1v) is 8.22. The summed E-state index contributed by atoms with van der Waals surface area (Å²) >= 11 is 0. The summed E-state index contributed by atoms with van der Waals surface area (Å²) in [6, 6.07) is 15.2. The molecule has 6 nitrogen and oxygen atoms in total. The number of hydrogen-bond donors (Lipinski definition) is 2. The molecule has 0 aliphatic rings. The van der Waals surface area contributed by atoms with E-state index in [1.165, 1.54) is 6.07 Å². The van der Waals surface area contributed by atoms with Gasteiger partial charge in [-0.1, -0.05) is 30.3 Å². The van der Waals surface area contributed by atoms with Crippen LogP contribution in [0.5, 0.6) is 0 Å². The van der Waals surface area contributed by atoms with Crippen LogP contribution in [0, 0.1) is 0 Å². The van der Waals surface area contributed by atoms with E-state index in [2.05, 4.69) is 27.3 Å². The first kappa shape index (κ1) is 17.0. The van der Waals surface area contributed by atoms with E-state index >= 15 is 0 Å². The molecule has 2 heterocycles. The van der Waals surface area contributed by atoms with Gasteiger partial charge in [-0.3, -0.25) is 4.79 Å². The number of nitrogens with zero attached hydrogens (tertiary/aromatic N) is 3. The van der Waals surface area contributed by atoms with Crippen molar-refractivity contribution >= 4 is 16.7 Å². The molecule has 0 spiro atoms. The van der Waals surface area contributed by atoms with E-state index in [4.69, 9.17) is 0 Å². The molecule has 1 atom stereocenters. The maximum absolute atomic E-state index is 12.1. The first-order chi connectivity index (χ1) is 12.1. The monoisotopic (exact) mass is 338 g/mol. The lowest BCUT2D eigenvalue weighted by Crippen LogP contribution is -2.23. The highest BCUT2D eigenvalue weighted by Gasteiger charge is 2.15. The quantitative estimate of drug-likeness (QED) is 0.676. The van der Waals surface area contributed by atoms with Crippen molar-refractivity contribution in [3.63, 3.8) is 0 Å². The fourth-order valence-corrected chi connectivity index (χ4v) is 2.84. The summed E-state index contributed by atoms with van der Waals surface area (Å²) in [6.07, 6.45) is 2.43. The minimum atomic E-state index is -0.506. The van der Waals surface area contributed by atoms with E-state index in [9.17, 15) is 10.0 Å². The molecule has 0 fully saturated rings. The molecule has 0 amide bonds. The van der Waals surface area contributed by atoms with E-state index in [0.29, 0.717) is 15.8 Å². The van der Waals surface area contributed by atoms with Gasteiger partial charge >= 0.3 is 0 Å². The van der Waals surface area contributed by atoms with Crippen LogP contribution in [0.4, 0.5) is 5.69 Å². The Hall–Kier alpha value is -2.86. The number of benzene rings is 1. The van der Waals surface area contributed by atoms with E-state index in [0.717, 1.165) is 18.5 Å². The van der Waals surface area contributed by atoms with Crippen LogP contribution in [0.25, 0.3) is 11.0 Å². The molecule has 3 aromatic rings. The zero-order valence-electron chi connectivity index (χ0n) is 14.4. The van der Waals surface area contributed by atoms with E-state index in [1.54, 1.807) is 12.3 Å². The minimum Gasteiger partial charge on any atom is -0.423 e. The van der Waals surface area contributed by atoms with Gasteiger partial charge in [-0.15, -0.1) is 4.73 Å². The third-order valence-electron chi connectivity index (χ3n) is 4.15. The summed E-state index contributed by atoms with van der Waals surface area (Å²) in [4.78, 5) is 18.3. The van der Waals surface area contributed by atoms with E-state index in [-0.39, 0.29) is 11.7 Å². The second-order valence-corrected chi connectivity index (χ2v) is 6.28. The first-order valence-electron chi connectivity index (χ1n) is 8.22. The predicted molar refractivity (Wildman–Crippen MR) is 99.2 cm³/mol. The third kappa shape index (κ3) is 3.80. The number of aromatic nitrogens is 2. The van der Waals surface area contributed by atoms with Crippen molar-refractivity contribution < 1.29 is 5.21 Å². The molecular formula is C19H22N4O2. The number of fused-ring (bicyclic) bond motifs is 1. The Balaban J connectivity index is 2.01. The Morgan fingerprint density at radius 1 is 1.20 bits per heavy atom. The molecule has 2 N–H and O–H groups in total. The van der Waals surface area contributed by atoms with Crippen molar-refractivity contribution in [1.82, 2.24) is 14.6 Å². The molecule has 0 saturated carbocycles.